The van der Waals surface area contributed by atoms with Gasteiger partial charge >= 0.3 is 0 Å². The number of benzene rings is 1. The van der Waals surface area contributed by atoms with Gasteiger partial charge in [-0.3, -0.25) is 4.40 Å². The molecule has 192 valence electrons. The number of aliphatic hydroxyl groups is 1. The van der Waals surface area contributed by atoms with Crippen LogP contribution in [0, 0.1) is 5.82 Å². The molecule has 0 aliphatic rings. The third-order valence-corrected chi connectivity index (χ3v) is 9.73. The lowest BCUT2D eigenvalue weighted by Crippen LogP contribution is -2.36. The smallest absolute Gasteiger partial charge is 0.216 e. The van der Waals surface area contributed by atoms with E-state index in [-0.39, 0.29) is 39.6 Å². The molecule has 13 heteroatoms. The van der Waals surface area contributed by atoms with Gasteiger partial charge < -0.3 is 14.6 Å². The van der Waals surface area contributed by atoms with Crippen molar-refractivity contribution in [3.63, 3.8) is 0 Å². The number of imidazole rings is 1. The summed E-state index contributed by atoms with van der Waals surface area (Å²) in [6.45, 7) is 3.72. The molecule has 3 aromatic rings. The molecule has 10 nitrogen and oxygen atoms in total. The van der Waals surface area contributed by atoms with Crippen LogP contribution in [0.4, 0.5) is 4.39 Å². The molecule has 0 fully saturated rings. The minimum atomic E-state index is -4.09. The molecule has 0 radical (unpaired) electrons. The van der Waals surface area contributed by atoms with Crippen LogP contribution in [-0.2, 0) is 19.9 Å². The number of halogens is 1. The number of aliphatic hydroxyl groups excluding tert-OH is 1. The van der Waals surface area contributed by atoms with Gasteiger partial charge in [-0.15, -0.1) is 0 Å². The number of ether oxygens (including phenoxy) is 2. The molecule has 2 heterocycles. The number of nitrogens with two attached hydrogens (primary N) is 1. The van der Waals surface area contributed by atoms with E-state index in [9.17, 15) is 21.9 Å². The summed E-state index contributed by atoms with van der Waals surface area (Å²) >= 11 is 0. The van der Waals surface area contributed by atoms with Gasteiger partial charge in [0.25, 0.3) is 0 Å². The van der Waals surface area contributed by atoms with E-state index < -0.39 is 42.3 Å². The number of rotatable bonds is 9. The number of pyridine rings is 1. The molecule has 0 spiro atoms. The minimum absolute atomic E-state index is 0.0260. The first-order valence-electron chi connectivity index (χ1n) is 10.5. The number of primary sulfonamides is 1. The highest BCUT2D eigenvalue weighted by Gasteiger charge is 2.38. The van der Waals surface area contributed by atoms with Crippen LogP contribution in [0.2, 0.25) is 0 Å². The average Bonchev–Trinajstić information content (AvgIpc) is 3.20. The van der Waals surface area contributed by atoms with Crippen molar-refractivity contribution in [3.8, 4) is 22.8 Å². The van der Waals surface area contributed by atoms with Crippen molar-refractivity contribution >= 4 is 25.5 Å². The number of fused-ring (bicyclic) bond motifs is 1. The van der Waals surface area contributed by atoms with E-state index in [1.165, 1.54) is 57.0 Å². The number of methoxy groups -OCH3 is 2. The second kappa shape index (κ2) is 9.37. The van der Waals surface area contributed by atoms with Crippen LogP contribution in [-0.4, -0.2) is 56.9 Å². The van der Waals surface area contributed by atoms with Crippen molar-refractivity contribution in [2.24, 2.45) is 5.14 Å². The molecule has 0 aliphatic heterocycles. The second-order valence-corrected chi connectivity index (χ2v) is 12.9. The lowest BCUT2D eigenvalue weighted by Gasteiger charge is -2.23. The fourth-order valence-corrected chi connectivity index (χ4v) is 6.20. The monoisotopic (exact) mass is 529 g/mol. The molecule has 0 aliphatic carbocycles. The van der Waals surface area contributed by atoms with Crippen LogP contribution in [0.25, 0.3) is 16.9 Å². The molecular weight excluding hydrogens is 501 g/mol. The maximum Gasteiger partial charge on any atom is 0.216 e. The van der Waals surface area contributed by atoms with E-state index in [0.717, 1.165) is 6.07 Å². The summed E-state index contributed by atoms with van der Waals surface area (Å²) in [7, 11) is -5.64. The first-order chi connectivity index (χ1) is 16.2. The van der Waals surface area contributed by atoms with E-state index in [4.69, 9.17) is 14.6 Å². The van der Waals surface area contributed by atoms with E-state index in [0.29, 0.717) is 5.65 Å². The molecule has 3 rings (SSSR count). The first-order valence-corrected chi connectivity index (χ1v) is 13.6. The average molecular weight is 530 g/mol. The summed E-state index contributed by atoms with van der Waals surface area (Å²) < 4.78 is 76.3. The predicted octanol–water partition coefficient (Wildman–Crippen LogP) is 2.44. The van der Waals surface area contributed by atoms with Gasteiger partial charge in [-0.05, 0) is 32.4 Å². The lowest BCUT2D eigenvalue weighted by atomic mass is 10.0. The van der Waals surface area contributed by atoms with Gasteiger partial charge in [0, 0.05) is 23.4 Å². The largest absolute Gasteiger partial charge is 0.495 e. The SMILES string of the molecule is CCC(c1cc(-c2cnc3cc(OC)c(S(=O)(=O)C(C)(C)CO)cn23)cc(F)c1OC)S(N)(=O)=O. The highest BCUT2D eigenvalue weighted by Crippen LogP contribution is 2.39. The zero-order valence-electron chi connectivity index (χ0n) is 19.9. The lowest BCUT2D eigenvalue weighted by molar-refractivity contribution is 0.257. The maximum atomic E-state index is 15.0. The Balaban J connectivity index is 2.35. The van der Waals surface area contributed by atoms with Gasteiger partial charge in [-0.2, -0.15) is 0 Å². The Labute approximate surface area is 203 Å². The number of hydrogen-bond acceptors (Lipinski definition) is 8. The molecule has 1 unspecified atom stereocenters. The summed E-state index contributed by atoms with van der Waals surface area (Å²) in [6, 6.07) is 3.97. The first kappa shape index (κ1) is 26.9. The number of sulfonamides is 1. The van der Waals surface area contributed by atoms with E-state index >= 15 is 4.39 Å². The van der Waals surface area contributed by atoms with Crippen LogP contribution in [0.3, 0.4) is 0 Å². The van der Waals surface area contributed by atoms with Crippen LogP contribution in [0.5, 0.6) is 11.5 Å². The second-order valence-electron chi connectivity index (χ2n) is 8.57. The summed E-state index contributed by atoms with van der Waals surface area (Å²) in [6.07, 6.45) is 2.74. The Kier molecular flexibility index (Phi) is 7.19. The molecule has 0 saturated carbocycles. The van der Waals surface area contributed by atoms with E-state index in [2.05, 4.69) is 4.98 Å². The summed E-state index contributed by atoms with van der Waals surface area (Å²) in [5.74, 6) is -1.05. The Morgan fingerprint density at radius 2 is 1.83 bits per heavy atom. The van der Waals surface area contributed by atoms with Crippen molar-refractivity contribution in [1.82, 2.24) is 9.38 Å². The molecular formula is C22H28FN3O7S2. The van der Waals surface area contributed by atoms with Crippen LogP contribution in [0.15, 0.2) is 35.5 Å². The van der Waals surface area contributed by atoms with Gasteiger partial charge in [0.05, 0.1) is 37.5 Å². The third kappa shape index (κ3) is 4.60. The number of hydrogen-bond donors (Lipinski definition) is 2. The van der Waals surface area contributed by atoms with Crippen molar-refractivity contribution in [2.45, 2.75) is 42.1 Å². The Morgan fingerprint density at radius 3 is 2.34 bits per heavy atom. The third-order valence-electron chi connectivity index (χ3n) is 5.88. The Morgan fingerprint density at radius 1 is 1.17 bits per heavy atom. The van der Waals surface area contributed by atoms with Crippen molar-refractivity contribution in [2.75, 3.05) is 20.8 Å². The summed E-state index contributed by atoms with van der Waals surface area (Å²) in [4.78, 5) is 4.07. The van der Waals surface area contributed by atoms with Crippen LogP contribution in [0.1, 0.15) is 38.0 Å². The van der Waals surface area contributed by atoms with E-state index in [1.54, 1.807) is 6.92 Å². The van der Waals surface area contributed by atoms with Gasteiger partial charge in [0.15, 0.2) is 21.4 Å². The maximum absolute atomic E-state index is 15.0. The van der Waals surface area contributed by atoms with E-state index in [1.807, 2.05) is 0 Å². The Hall–Kier alpha value is -2.74. The molecule has 0 bridgehead atoms. The van der Waals surface area contributed by atoms with Crippen LogP contribution >= 0.6 is 0 Å². The fourth-order valence-electron chi connectivity index (χ4n) is 3.79. The predicted molar refractivity (Wildman–Crippen MR) is 128 cm³/mol. The quantitative estimate of drug-likeness (QED) is 0.429. The normalized spacial score (nSPS) is 13.7. The highest BCUT2D eigenvalue weighted by molar-refractivity contribution is 7.93. The summed E-state index contributed by atoms with van der Waals surface area (Å²) in [5, 5.41) is 13.8. The highest BCUT2D eigenvalue weighted by atomic mass is 32.2. The zero-order valence-corrected chi connectivity index (χ0v) is 21.6. The zero-order chi connectivity index (χ0) is 26.3. The molecule has 3 N–H and O–H groups in total. The fraction of sp³-hybridized carbons (Fsp3) is 0.409. The van der Waals surface area contributed by atoms with Crippen LogP contribution < -0.4 is 14.6 Å². The van der Waals surface area contributed by atoms with Crippen molar-refractivity contribution in [1.29, 1.82) is 0 Å². The number of nitrogens with zero attached hydrogens (tertiary/aromatic N) is 2. The molecule has 1 aromatic carbocycles. The molecule has 35 heavy (non-hydrogen) atoms. The number of sulfone groups is 1. The van der Waals surface area contributed by atoms with Gasteiger partial charge in [0.2, 0.25) is 10.0 Å². The topological polar surface area (TPSA) is 150 Å². The Bertz CT molecular complexity index is 1480. The number of aromatic nitrogens is 2. The molecule has 2 aromatic heterocycles. The standard InChI is InChI=1S/C22H28FN3O7S2/c1-6-18(35(24,30)31)14-7-13(8-15(23)21(14)33-5)16-10-25-20-9-17(32-4)19(11-26(16)20)34(28,29)22(2,3)12-27/h7-11,18,27H,6,12H2,1-5H3,(H2,24,30,31). The molecule has 1 atom stereocenters. The van der Waals surface area contributed by atoms with Gasteiger partial charge in [-0.1, -0.05) is 6.92 Å². The minimum Gasteiger partial charge on any atom is -0.495 e. The van der Waals surface area contributed by atoms with Gasteiger partial charge in [0.1, 0.15) is 21.5 Å². The molecule has 0 amide bonds. The summed E-state index contributed by atoms with van der Waals surface area (Å²) in [5.41, 5.74) is 0.843. The molecule has 0 saturated heterocycles. The van der Waals surface area contributed by atoms with Crippen molar-refractivity contribution in [3.05, 3.63) is 42.0 Å². The van der Waals surface area contributed by atoms with Gasteiger partial charge in [-0.25, -0.2) is 31.3 Å². The van der Waals surface area contributed by atoms with Crippen molar-refractivity contribution < 1.29 is 35.8 Å².